The summed E-state index contributed by atoms with van der Waals surface area (Å²) in [5, 5.41) is 0. The maximum Gasteiger partial charge on any atom is 0.227 e. The van der Waals surface area contributed by atoms with E-state index in [0.29, 0.717) is 13.2 Å². The molecular weight excluding hydrogens is 252 g/mol. The predicted molar refractivity (Wildman–Crippen MR) is 79.3 cm³/mol. The van der Waals surface area contributed by atoms with Crippen molar-refractivity contribution in [1.29, 1.82) is 0 Å². The highest BCUT2D eigenvalue weighted by Gasteiger charge is 2.29. The summed E-state index contributed by atoms with van der Waals surface area (Å²) in [5.74, 6) is 0.0327. The van der Waals surface area contributed by atoms with Crippen LogP contribution >= 0.6 is 0 Å². The third kappa shape index (κ3) is 3.81. The number of benzene rings is 1. The van der Waals surface area contributed by atoms with Gasteiger partial charge in [-0.2, -0.15) is 0 Å². The Kier molecular flexibility index (Phi) is 5.56. The second kappa shape index (κ2) is 7.41. The third-order valence-corrected chi connectivity index (χ3v) is 3.89. The van der Waals surface area contributed by atoms with E-state index in [0.717, 1.165) is 26.0 Å². The van der Waals surface area contributed by atoms with Crippen LogP contribution in [0.3, 0.4) is 0 Å². The predicted octanol–water partition coefficient (Wildman–Crippen LogP) is 1.44. The van der Waals surface area contributed by atoms with Crippen molar-refractivity contribution in [2.24, 2.45) is 11.7 Å². The van der Waals surface area contributed by atoms with Gasteiger partial charge in [0.05, 0.1) is 12.6 Å². The van der Waals surface area contributed by atoms with Crippen molar-refractivity contribution in [3.63, 3.8) is 0 Å². The number of hydrogen-bond acceptors (Lipinski definition) is 3. The first-order valence-electron chi connectivity index (χ1n) is 7.34. The summed E-state index contributed by atoms with van der Waals surface area (Å²) in [4.78, 5) is 14.4. The minimum Gasteiger partial charge on any atom is -0.379 e. The van der Waals surface area contributed by atoms with Crippen LogP contribution in [0.4, 0.5) is 0 Å². The molecule has 1 aromatic carbocycles. The lowest BCUT2D eigenvalue weighted by molar-refractivity contribution is -0.137. The average molecular weight is 276 g/mol. The first-order chi connectivity index (χ1) is 9.72. The fourth-order valence-corrected chi connectivity index (χ4v) is 2.52. The molecule has 110 valence electrons. The number of nitrogens with zero attached hydrogens (tertiary/aromatic N) is 1. The molecule has 1 aliphatic rings. The molecular formula is C16H24N2O2. The van der Waals surface area contributed by atoms with Crippen LogP contribution in [0.1, 0.15) is 18.9 Å². The van der Waals surface area contributed by atoms with E-state index < -0.39 is 0 Å². The lowest BCUT2D eigenvalue weighted by Crippen LogP contribution is -2.46. The van der Waals surface area contributed by atoms with E-state index in [1.54, 1.807) is 0 Å². The molecule has 1 saturated heterocycles. The Morgan fingerprint density at radius 1 is 1.45 bits per heavy atom. The fraction of sp³-hybridized carbons (Fsp3) is 0.562. The zero-order valence-electron chi connectivity index (χ0n) is 12.1. The zero-order valence-corrected chi connectivity index (χ0v) is 12.1. The van der Waals surface area contributed by atoms with Crippen molar-refractivity contribution in [3.8, 4) is 0 Å². The molecule has 1 aromatic rings. The number of carbonyl (C=O) groups is 1. The maximum absolute atomic E-state index is 12.5. The highest BCUT2D eigenvalue weighted by molar-refractivity contribution is 5.79. The van der Waals surface area contributed by atoms with Gasteiger partial charge in [-0.3, -0.25) is 4.79 Å². The Morgan fingerprint density at radius 3 is 2.80 bits per heavy atom. The smallest absolute Gasteiger partial charge is 0.227 e. The van der Waals surface area contributed by atoms with Gasteiger partial charge in [-0.15, -0.1) is 0 Å². The minimum atomic E-state index is -0.119. The van der Waals surface area contributed by atoms with Gasteiger partial charge < -0.3 is 15.4 Å². The molecule has 0 saturated carbocycles. The van der Waals surface area contributed by atoms with Crippen LogP contribution in [-0.4, -0.2) is 43.2 Å². The molecule has 20 heavy (non-hydrogen) atoms. The summed E-state index contributed by atoms with van der Waals surface area (Å²) < 4.78 is 5.43. The Morgan fingerprint density at radius 2 is 2.20 bits per heavy atom. The number of rotatable bonds is 6. The van der Waals surface area contributed by atoms with E-state index in [2.05, 4.69) is 12.1 Å². The summed E-state index contributed by atoms with van der Waals surface area (Å²) in [6.07, 6.45) is 1.80. The van der Waals surface area contributed by atoms with E-state index in [-0.39, 0.29) is 17.9 Å². The van der Waals surface area contributed by atoms with Gasteiger partial charge in [0.1, 0.15) is 0 Å². The lowest BCUT2D eigenvalue weighted by atomic mass is 10.1. The summed E-state index contributed by atoms with van der Waals surface area (Å²) in [5.41, 5.74) is 6.89. The van der Waals surface area contributed by atoms with Gasteiger partial charge in [0.2, 0.25) is 5.91 Å². The summed E-state index contributed by atoms with van der Waals surface area (Å²) in [7, 11) is 0. The van der Waals surface area contributed by atoms with Crippen LogP contribution in [0.5, 0.6) is 0 Å². The molecule has 1 heterocycles. The molecule has 0 radical (unpaired) electrons. The molecule has 0 aromatic heterocycles. The van der Waals surface area contributed by atoms with Crippen molar-refractivity contribution >= 4 is 5.91 Å². The summed E-state index contributed by atoms with van der Waals surface area (Å²) >= 11 is 0. The van der Waals surface area contributed by atoms with Gasteiger partial charge in [-0.25, -0.2) is 0 Å². The van der Waals surface area contributed by atoms with Crippen molar-refractivity contribution in [2.45, 2.75) is 25.8 Å². The van der Waals surface area contributed by atoms with Crippen LogP contribution in [0.15, 0.2) is 30.3 Å². The molecule has 2 rings (SSSR count). The van der Waals surface area contributed by atoms with E-state index in [9.17, 15) is 4.79 Å². The quantitative estimate of drug-likeness (QED) is 0.855. The van der Waals surface area contributed by atoms with E-state index in [1.165, 1.54) is 5.56 Å². The van der Waals surface area contributed by atoms with Crippen LogP contribution in [0.25, 0.3) is 0 Å². The van der Waals surface area contributed by atoms with Crippen LogP contribution in [0.2, 0.25) is 0 Å². The normalized spacial score (nSPS) is 19.8. The molecule has 4 nitrogen and oxygen atoms in total. The topological polar surface area (TPSA) is 55.6 Å². The first kappa shape index (κ1) is 15.0. The highest BCUT2D eigenvalue weighted by Crippen LogP contribution is 2.16. The Hall–Kier alpha value is -1.39. The lowest BCUT2D eigenvalue weighted by Gasteiger charge is -2.30. The standard InChI is InChI=1S/C16H24N2O2/c1-13(11-17)16(19)18(15-8-10-20-12-15)9-7-14-5-3-2-4-6-14/h2-6,13,15H,7-12,17H2,1H3. The van der Waals surface area contributed by atoms with Crippen LogP contribution in [0, 0.1) is 5.92 Å². The Balaban J connectivity index is 2.00. The van der Waals surface area contributed by atoms with Gasteiger partial charge >= 0.3 is 0 Å². The number of ether oxygens (including phenoxy) is 1. The molecule has 0 bridgehead atoms. The number of amides is 1. The molecule has 4 heteroatoms. The van der Waals surface area contributed by atoms with Gasteiger partial charge in [0, 0.05) is 25.6 Å². The van der Waals surface area contributed by atoms with E-state index in [4.69, 9.17) is 10.5 Å². The molecule has 1 aliphatic heterocycles. The Bertz CT molecular complexity index is 416. The molecule has 2 N–H and O–H groups in total. The molecule has 0 spiro atoms. The molecule has 2 unspecified atom stereocenters. The number of hydrogen-bond donors (Lipinski definition) is 1. The molecule has 1 fully saturated rings. The van der Waals surface area contributed by atoms with Crippen molar-refractivity contribution in [3.05, 3.63) is 35.9 Å². The van der Waals surface area contributed by atoms with Crippen molar-refractivity contribution < 1.29 is 9.53 Å². The number of carbonyl (C=O) groups excluding carboxylic acids is 1. The zero-order chi connectivity index (χ0) is 14.4. The van der Waals surface area contributed by atoms with Gasteiger partial charge in [-0.05, 0) is 18.4 Å². The second-order valence-corrected chi connectivity index (χ2v) is 5.42. The monoisotopic (exact) mass is 276 g/mol. The fourth-order valence-electron chi connectivity index (χ4n) is 2.52. The van der Waals surface area contributed by atoms with Crippen LogP contribution in [-0.2, 0) is 16.0 Å². The highest BCUT2D eigenvalue weighted by atomic mass is 16.5. The third-order valence-electron chi connectivity index (χ3n) is 3.89. The average Bonchev–Trinajstić information content (AvgIpc) is 3.01. The van der Waals surface area contributed by atoms with E-state index >= 15 is 0 Å². The maximum atomic E-state index is 12.5. The van der Waals surface area contributed by atoms with Crippen LogP contribution < -0.4 is 5.73 Å². The second-order valence-electron chi connectivity index (χ2n) is 5.42. The molecule has 1 amide bonds. The van der Waals surface area contributed by atoms with Crippen molar-refractivity contribution in [2.75, 3.05) is 26.3 Å². The SMILES string of the molecule is CC(CN)C(=O)N(CCc1ccccc1)C1CCOC1. The van der Waals surface area contributed by atoms with Gasteiger partial charge in [0.15, 0.2) is 0 Å². The summed E-state index contributed by atoms with van der Waals surface area (Å²) in [6.45, 7) is 4.43. The molecule has 0 aliphatic carbocycles. The Labute approximate surface area is 120 Å². The van der Waals surface area contributed by atoms with Gasteiger partial charge in [0.25, 0.3) is 0 Å². The van der Waals surface area contributed by atoms with Gasteiger partial charge in [-0.1, -0.05) is 37.3 Å². The first-order valence-corrected chi connectivity index (χ1v) is 7.34. The number of nitrogens with two attached hydrogens (primary N) is 1. The largest absolute Gasteiger partial charge is 0.379 e. The molecule has 2 atom stereocenters. The van der Waals surface area contributed by atoms with E-state index in [1.807, 2.05) is 30.0 Å². The van der Waals surface area contributed by atoms with Crippen molar-refractivity contribution in [1.82, 2.24) is 4.90 Å². The minimum absolute atomic E-state index is 0.119. The summed E-state index contributed by atoms with van der Waals surface area (Å²) in [6, 6.07) is 10.5.